The van der Waals surface area contributed by atoms with Gasteiger partial charge in [0.25, 0.3) is 0 Å². The molecule has 0 spiro atoms. The summed E-state index contributed by atoms with van der Waals surface area (Å²) in [6, 6.07) is 37.9. The van der Waals surface area contributed by atoms with Crippen molar-refractivity contribution in [2.24, 2.45) is 16.8 Å². The van der Waals surface area contributed by atoms with Crippen LogP contribution in [0.25, 0.3) is 10.8 Å². The van der Waals surface area contributed by atoms with Crippen LogP contribution < -0.4 is 9.64 Å². The molecule has 1 aliphatic heterocycles. The number of benzene rings is 5. The molecule has 5 heteroatoms. The number of fused-ring (bicyclic) bond motifs is 1. The van der Waals surface area contributed by atoms with Crippen molar-refractivity contribution >= 4 is 40.2 Å². The van der Waals surface area contributed by atoms with E-state index in [1.54, 1.807) is 7.11 Å². The number of anilines is 1. The summed E-state index contributed by atoms with van der Waals surface area (Å²) in [7, 11) is 1.62. The van der Waals surface area contributed by atoms with Gasteiger partial charge in [-0.05, 0) is 45.8 Å². The Kier molecular flexibility index (Phi) is 5.08. The predicted molar refractivity (Wildman–Crippen MR) is 160 cm³/mol. The molecule has 5 aromatic rings. The SMILES string of the molecule is COc1ccccc1N=C[C@@]12c3ccc(cc3)[C@@H](c3ccccc31)[C@@H]1C(=O)N(c3cccc4ccccc34)C(=O)[C@H]12. The van der Waals surface area contributed by atoms with Crippen molar-refractivity contribution in [3.8, 4) is 5.75 Å². The quantitative estimate of drug-likeness (QED) is 0.188. The maximum atomic E-state index is 14.8. The first kappa shape index (κ1) is 23.8. The Bertz CT molecular complexity index is 1910. The first-order valence-corrected chi connectivity index (χ1v) is 13.9. The molecule has 5 nitrogen and oxygen atoms in total. The van der Waals surface area contributed by atoms with Gasteiger partial charge in [-0.15, -0.1) is 0 Å². The molecular formula is C36H26N2O3. The molecule has 198 valence electrons. The number of imide groups is 1. The molecule has 6 aliphatic rings. The summed E-state index contributed by atoms with van der Waals surface area (Å²) >= 11 is 0. The lowest BCUT2D eigenvalue weighted by atomic mass is 9.52. The number of aliphatic imine (C=N–C) groups is 1. The lowest BCUT2D eigenvalue weighted by Crippen LogP contribution is -2.51. The van der Waals surface area contributed by atoms with Crippen molar-refractivity contribution in [1.82, 2.24) is 0 Å². The van der Waals surface area contributed by atoms with Crippen molar-refractivity contribution in [3.63, 3.8) is 0 Å². The minimum atomic E-state index is -0.955. The topological polar surface area (TPSA) is 59.0 Å². The van der Waals surface area contributed by atoms with Crippen molar-refractivity contribution in [1.29, 1.82) is 0 Å². The second kappa shape index (κ2) is 8.73. The predicted octanol–water partition coefficient (Wildman–Crippen LogP) is 6.80. The van der Waals surface area contributed by atoms with Gasteiger partial charge < -0.3 is 4.74 Å². The van der Waals surface area contributed by atoms with Crippen LogP contribution in [-0.2, 0) is 15.0 Å². The normalized spacial score (nSPS) is 24.0. The van der Waals surface area contributed by atoms with Gasteiger partial charge in [-0.3, -0.25) is 14.6 Å². The number of amides is 2. The van der Waals surface area contributed by atoms with Gasteiger partial charge in [0.05, 0.1) is 30.0 Å². The zero-order chi connectivity index (χ0) is 27.7. The molecule has 1 heterocycles. The van der Waals surface area contributed by atoms with Gasteiger partial charge in [-0.25, -0.2) is 4.90 Å². The van der Waals surface area contributed by atoms with E-state index in [1.165, 1.54) is 4.90 Å². The van der Waals surface area contributed by atoms with Crippen molar-refractivity contribution in [3.05, 3.63) is 138 Å². The Morgan fingerprint density at radius 3 is 2.37 bits per heavy atom. The van der Waals surface area contributed by atoms with Crippen LogP contribution in [0.15, 0.2) is 120 Å². The number of para-hydroxylation sites is 2. The Morgan fingerprint density at radius 2 is 1.51 bits per heavy atom. The van der Waals surface area contributed by atoms with Crippen LogP contribution in [0.5, 0.6) is 5.75 Å². The number of carbonyl (C=O) groups excluding carboxylic acids is 2. The van der Waals surface area contributed by atoms with Gasteiger partial charge in [0.2, 0.25) is 11.8 Å². The van der Waals surface area contributed by atoms with Crippen molar-refractivity contribution in [2.45, 2.75) is 11.3 Å². The number of hydrogen-bond acceptors (Lipinski definition) is 4. The maximum Gasteiger partial charge on any atom is 0.239 e. The number of ether oxygens (including phenoxy) is 1. The van der Waals surface area contributed by atoms with E-state index >= 15 is 0 Å². The maximum absolute atomic E-state index is 14.8. The van der Waals surface area contributed by atoms with Crippen LogP contribution in [0.3, 0.4) is 0 Å². The summed E-state index contributed by atoms with van der Waals surface area (Å²) in [5.41, 5.74) is 4.43. The van der Waals surface area contributed by atoms with E-state index in [-0.39, 0.29) is 17.7 Å². The van der Waals surface area contributed by atoms with Gasteiger partial charge in [-0.1, -0.05) is 97.1 Å². The Hall–Kier alpha value is -5.03. The van der Waals surface area contributed by atoms with Gasteiger partial charge in [0.15, 0.2) is 0 Å². The molecule has 0 unspecified atom stereocenters. The first-order valence-electron chi connectivity index (χ1n) is 13.9. The zero-order valence-corrected chi connectivity index (χ0v) is 22.4. The van der Waals surface area contributed by atoms with Crippen LogP contribution >= 0.6 is 0 Å². The smallest absolute Gasteiger partial charge is 0.239 e. The second-order valence-corrected chi connectivity index (χ2v) is 11.0. The third-order valence-electron chi connectivity index (χ3n) is 9.19. The molecule has 11 rings (SSSR count). The number of nitrogens with zero attached hydrogens (tertiary/aromatic N) is 2. The average molecular weight is 535 g/mol. The molecule has 5 aliphatic carbocycles. The van der Waals surface area contributed by atoms with E-state index in [9.17, 15) is 9.59 Å². The molecule has 41 heavy (non-hydrogen) atoms. The molecule has 1 fully saturated rings. The minimum absolute atomic E-state index is 0.159. The lowest BCUT2D eigenvalue weighted by molar-refractivity contribution is -0.122. The fourth-order valence-corrected chi connectivity index (χ4v) is 7.47. The van der Waals surface area contributed by atoms with Crippen LogP contribution in [-0.4, -0.2) is 25.1 Å². The number of hydrogen-bond donors (Lipinski definition) is 0. The largest absolute Gasteiger partial charge is 0.494 e. The van der Waals surface area contributed by atoms with E-state index in [0.29, 0.717) is 17.1 Å². The first-order chi connectivity index (χ1) is 20.1. The van der Waals surface area contributed by atoms with Crippen LogP contribution in [0.4, 0.5) is 11.4 Å². The fraction of sp³-hybridized carbons (Fsp3) is 0.139. The molecule has 4 atom stereocenters. The van der Waals surface area contributed by atoms with Gasteiger partial charge in [0, 0.05) is 17.5 Å². The number of methoxy groups -OCH3 is 1. The Labute approximate surface area is 237 Å². The average Bonchev–Trinajstić information content (AvgIpc) is 3.27. The molecule has 1 saturated heterocycles. The summed E-state index contributed by atoms with van der Waals surface area (Å²) in [5.74, 6) is -1.17. The van der Waals surface area contributed by atoms with E-state index in [1.807, 2.05) is 85.1 Å². The summed E-state index contributed by atoms with van der Waals surface area (Å²) in [6.07, 6.45) is 1.90. The van der Waals surface area contributed by atoms with Crippen molar-refractivity contribution in [2.75, 3.05) is 12.0 Å². The molecule has 0 saturated carbocycles. The van der Waals surface area contributed by atoms with Crippen LogP contribution in [0.1, 0.15) is 28.2 Å². The van der Waals surface area contributed by atoms with Gasteiger partial charge >= 0.3 is 0 Å². The molecule has 0 radical (unpaired) electrons. The highest BCUT2D eigenvalue weighted by atomic mass is 16.5. The summed E-state index contributed by atoms with van der Waals surface area (Å²) in [6.45, 7) is 0. The molecule has 2 amide bonds. The summed E-state index contributed by atoms with van der Waals surface area (Å²) in [4.78, 5) is 35.9. The highest BCUT2D eigenvalue weighted by molar-refractivity contribution is 6.27. The third kappa shape index (κ3) is 3.14. The highest BCUT2D eigenvalue weighted by Crippen LogP contribution is 2.60. The van der Waals surface area contributed by atoms with E-state index in [4.69, 9.17) is 9.73 Å². The highest BCUT2D eigenvalue weighted by Gasteiger charge is 2.65. The van der Waals surface area contributed by atoms with Crippen molar-refractivity contribution < 1.29 is 14.3 Å². The summed E-state index contributed by atoms with van der Waals surface area (Å²) in [5, 5.41) is 1.87. The Balaban J connectivity index is 1.41. The zero-order valence-electron chi connectivity index (χ0n) is 22.4. The lowest BCUT2D eigenvalue weighted by Gasteiger charge is -2.48. The van der Waals surface area contributed by atoms with Gasteiger partial charge in [0.1, 0.15) is 11.4 Å². The fourth-order valence-electron chi connectivity index (χ4n) is 7.47. The Morgan fingerprint density at radius 1 is 0.780 bits per heavy atom. The van der Waals surface area contributed by atoms with E-state index in [0.717, 1.165) is 33.0 Å². The standard InChI is InChI=1S/C36H26N2O3/c1-41-30-16-7-6-14-28(30)37-21-36-24-19-17-23(18-20-24)31(26-12-4-5-13-27(26)36)32-33(36)35(40)38(34(32)39)29-15-8-10-22-9-2-3-11-25(22)29/h2-21,31-33H,1H3/t31-,32-,33-,36+/m0/s1. The third-order valence-corrected chi connectivity index (χ3v) is 9.19. The van der Waals surface area contributed by atoms with Crippen LogP contribution in [0, 0.1) is 11.8 Å². The molecule has 0 aromatic heterocycles. The summed E-state index contributed by atoms with van der Waals surface area (Å²) < 4.78 is 5.60. The van der Waals surface area contributed by atoms with E-state index in [2.05, 4.69) is 36.4 Å². The molecule has 0 N–H and O–H groups in total. The minimum Gasteiger partial charge on any atom is -0.494 e. The number of carbonyl (C=O) groups is 2. The molecular weight excluding hydrogens is 508 g/mol. The van der Waals surface area contributed by atoms with Gasteiger partial charge in [-0.2, -0.15) is 0 Å². The number of rotatable bonds is 4. The monoisotopic (exact) mass is 534 g/mol. The second-order valence-electron chi connectivity index (χ2n) is 11.0. The molecule has 4 bridgehead atoms. The van der Waals surface area contributed by atoms with E-state index < -0.39 is 17.3 Å². The molecule has 5 aromatic carbocycles. The van der Waals surface area contributed by atoms with Crippen LogP contribution in [0.2, 0.25) is 0 Å².